The van der Waals surface area contributed by atoms with Crippen molar-refractivity contribution in [1.29, 1.82) is 0 Å². The molecule has 3 unspecified atom stereocenters. The predicted octanol–water partition coefficient (Wildman–Crippen LogP) is 20.1. The molecule has 0 aromatic heterocycles. The number of amides is 2. The highest BCUT2D eigenvalue weighted by molar-refractivity contribution is 5.97. The highest BCUT2D eigenvalue weighted by Gasteiger charge is 2.85. The zero-order valence-electron chi connectivity index (χ0n) is 90.6. The van der Waals surface area contributed by atoms with Gasteiger partial charge in [-0.2, -0.15) is 0 Å². The fourth-order valence-electron chi connectivity index (χ4n) is 36.2. The van der Waals surface area contributed by atoms with Crippen molar-refractivity contribution in [3.63, 3.8) is 0 Å². The molecule has 0 radical (unpaired) electrons. The molecule has 21 heteroatoms. The van der Waals surface area contributed by atoms with E-state index in [9.17, 15) is 40.2 Å². The summed E-state index contributed by atoms with van der Waals surface area (Å²) in [5, 5.41) is 65.1. The largest absolute Gasteiger partial charge is 0.508 e. The van der Waals surface area contributed by atoms with E-state index >= 15 is 0 Å². The molecule has 7 heterocycles. The molecular weight excluding hydrogens is 1830 g/mol. The first-order valence-electron chi connectivity index (χ1n) is 57.7. The molecule has 24 atom stereocenters. The van der Waals surface area contributed by atoms with Gasteiger partial charge in [-0.15, -0.1) is 0 Å². The van der Waals surface area contributed by atoms with Crippen molar-refractivity contribution in [1.82, 2.24) is 19.6 Å². The summed E-state index contributed by atoms with van der Waals surface area (Å²) in [5.41, 5.74) is 37.0. The van der Waals surface area contributed by atoms with Crippen LogP contribution in [0.25, 0.3) is 0 Å². The molecule has 12 bridgehead atoms. The number of aromatic hydroxyl groups is 4. The number of hydrogen-bond donors (Lipinski definition) is 10. The second-order valence-electron chi connectivity index (χ2n) is 52.8. The SMILES string of the molecule is CCC1(c2cccc(O)c2)CCCCN(C)C1.CN1CCC23c4cccc(O)c4O[C@H]2CCC[C@H]3C1.CO[C@]12CC[C@@]3(CC1[C@](C)(O)CCC1=CC=CC1)[C@H]1Cc4ccc(O)c5c4[C@@]3(CCN1CC1CC1)[C@H]2O5.CO[C@]12CC[C@@]3(C[C@@H]1[C@](C)(O)C(C)(C)C)[C@H]1Cc4ccc(C(N)=O)c5c4[C@@]3(CCN1CC1CC1)[C@H]2O5.C[C@@]12CCCCC[C@@H](Cc3ccc(C(N)=O)cc31)[C@@H]2N.C[C@@]12CCCCC[C@@H](Cc3ccc(O)cc31)[C@@H]2N. The average molecular weight is 2010 g/mol. The standard InChI is InChI=1S/C32H41NO4.C30H42N2O4.C17H24N2O.C16H21NO2.C16H23NO.C15H23NO/c1-29(35,12-11-20-5-3-4-6-20)24-18-30-13-14-32(24,36-2)28-31(30)15-16-33(19-21-7-8-21)25(30)17-22-9-10-23(34)27(37-28)26(22)31;1-26(2,3)27(4,34)20-15-28-10-11-30(20,35-5)25-29(28)12-13-32(16-17-6-7-17)21(28)14-18-8-9-19(24(31)33)23(36-25)22(18)29;1-17-8-4-2-3-5-12(15(17)18)9-11-6-7-13(16(19)20)10-14(11)17;1-17-9-8-16-11(10-17)4-2-7-14(16)19-15-12(16)5-3-6-13(15)18;1-16-8-4-2-3-5-12(15(16)17)9-11-6-7-13(18)10-14(11)16;1-3-15(9-4-5-10-16(2)12-15)13-7-6-8-14(17)11-13/h3-5,9-10,21,24-25,28,34-35H,6-8,11-19H2,1-2H3;8-9,17,20-21,25,34H,6-7,10-16H2,1-5H3,(H2,31,33);6-7,10,12,15H,2-5,8-9,18H2,1H3,(H2,19,20);3,5-6,11,14,18H,2,4,7-10H2,1H3;6-7,10,12,15,18H,2-5,8-9,17H2,1H3;6-8,11,17H,3-5,9-10,12H2,1-2H3/t24?,25-,28-,29-,30-,31+,32-;20-,21-,25-,27+,28-,29+,30-;12-,15-,17+;11-,14-,16?;12-,15-,16+;/m11000./s1. The van der Waals surface area contributed by atoms with Crippen LogP contribution in [0, 0.1) is 57.7 Å². The van der Waals surface area contributed by atoms with Crippen LogP contribution in [0.4, 0.5) is 0 Å². The molecule has 16 aliphatic carbocycles. The van der Waals surface area contributed by atoms with Crippen LogP contribution in [-0.2, 0) is 67.6 Å². The Morgan fingerprint density at radius 1 is 0.517 bits per heavy atom. The van der Waals surface area contributed by atoms with Crippen LogP contribution in [0.2, 0.25) is 0 Å². The number of aliphatic hydroxyl groups is 2. The first-order valence-corrected chi connectivity index (χ1v) is 57.7. The molecule has 2 amide bonds. The Labute approximate surface area is 875 Å². The number of primary amides is 2. The van der Waals surface area contributed by atoms with Crippen molar-refractivity contribution < 1.29 is 63.9 Å². The number of methoxy groups -OCH3 is 2. The lowest BCUT2D eigenvalue weighted by Gasteiger charge is -2.75. The summed E-state index contributed by atoms with van der Waals surface area (Å²) in [6, 6.07) is 34.9. The average Bonchev–Trinajstić information content (AvgIpc) is 1.49. The van der Waals surface area contributed by atoms with E-state index in [0.29, 0.717) is 69.7 Å². The van der Waals surface area contributed by atoms with Crippen molar-refractivity contribution in [2.75, 3.05) is 80.7 Å². The molecule has 6 aromatic rings. The number of rotatable bonds is 15. The van der Waals surface area contributed by atoms with Gasteiger partial charge in [0.05, 0.1) is 16.8 Å². The number of allylic oxidation sites excluding steroid dienone is 4. The minimum atomic E-state index is -0.946. The number of carbonyl (C=O) groups is 2. The van der Waals surface area contributed by atoms with Gasteiger partial charge in [0.25, 0.3) is 5.91 Å². The molecule has 29 rings (SSSR count). The molecule has 15 fully saturated rings. The van der Waals surface area contributed by atoms with Gasteiger partial charge in [0.1, 0.15) is 46.8 Å². The molecule has 14 N–H and O–H groups in total. The maximum absolute atomic E-state index is 12.6. The minimum Gasteiger partial charge on any atom is -0.508 e. The maximum Gasteiger partial charge on any atom is 0.252 e. The lowest BCUT2D eigenvalue weighted by molar-refractivity contribution is -0.312. The third kappa shape index (κ3) is 16.4. The Hall–Kier alpha value is -8.06. The number of nitrogens with zero attached hydrogens (tertiary/aromatic N) is 4. The Balaban J connectivity index is 0.000000104. The van der Waals surface area contributed by atoms with Crippen LogP contribution < -0.4 is 37.1 Å². The van der Waals surface area contributed by atoms with E-state index in [0.717, 1.165) is 179 Å². The zero-order valence-corrected chi connectivity index (χ0v) is 90.6. The van der Waals surface area contributed by atoms with Crippen molar-refractivity contribution in [3.05, 3.63) is 194 Å². The third-order valence-electron chi connectivity index (χ3n) is 44.7. The van der Waals surface area contributed by atoms with Gasteiger partial charge in [-0.25, -0.2) is 0 Å². The molecule has 23 aliphatic rings. The molecule has 147 heavy (non-hydrogen) atoms. The lowest BCUT2D eigenvalue weighted by Crippen LogP contribution is -2.83. The summed E-state index contributed by atoms with van der Waals surface area (Å²) in [5.74, 6) is 6.25. The maximum atomic E-state index is 12.6. The normalized spacial score (nSPS) is 37.6. The number of fused-ring (bicyclic) bond motifs is 13. The first-order chi connectivity index (χ1) is 70.3. The molecule has 21 nitrogen and oxygen atoms in total. The van der Waals surface area contributed by atoms with Crippen molar-refractivity contribution in [2.45, 2.75) is 390 Å². The van der Waals surface area contributed by atoms with Gasteiger partial charge >= 0.3 is 0 Å². The van der Waals surface area contributed by atoms with Crippen LogP contribution in [0.15, 0.2) is 127 Å². The lowest BCUT2D eigenvalue weighted by atomic mass is 9.33. The molecule has 5 spiro atoms. The summed E-state index contributed by atoms with van der Waals surface area (Å²) < 4.78 is 33.3. The highest BCUT2D eigenvalue weighted by atomic mass is 16.6. The zero-order chi connectivity index (χ0) is 103. The van der Waals surface area contributed by atoms with Gasteiger partial charge in [-0.3, -0.25) is 19.4 Å². The third-order valence-corrected chi connectivity index (χ3v) is 44.7. The van der Waals surface area contributed by atoms with Crippen LogP contribution in [-0.4, -0.2) is 208 Å². The van der Waals surface area contributed by atoms with Gasteiger partial charge in [-0.05, 0) is 375 Å². The summed E-state index contributed by atoms with van der Waals surface area (Å²) in [6.45, 7) is 26.5. The number of ether oxygens (including phenoxy) is 5. The van der Waals surface area contributed by atoms with E-state index in [4.69, 9.17) is 46.6 Å². The number of phenols is 4. The van der Waals surface area contributed by atoms with Gasteiger partial charge in [0.15, 0.2) is 23.0 Å². The van der Waals surface area contributed by atoms with Crippen molar-refractivity contribution in [3.8, 4) is 40.2 Å². The van der Waals surface area contributed by atoms with Crippen molar-refractivity contribution >= 4 is 11.8 Å². The van der Waals surface area contributed by atoms with Gasteiger partial charge < -0.3 is 87.1 Å². The molecule has 6 aromatic carbocycles. The second-order valence-corrected chi connectivity index (χ2v) is 52.8. The number of benzene rings is 6. The minimum absolute atomic E-state index is 0.00628. The van der Waals surface area contributed by atoms with E-state index in [-0.39, 0.29) is 103 Å². The summed E-state index contributed by atoms with van der Waals surface area (Å²) in [4.78, 5) is 34.5. The number of carbonyl (C=O) groups excluding carboxylic acids is 2. The Morgan fingerprint density at radius 2 is 1.09 bits per heavy atom. The topological polar surface area (TPSA) is 319 Å². The molecule has 11 saturated carbocycles. The first kappa shape index (κ1) is 103. The van der Waals surface area contributed by atoms with E-state index in [1.54, 1.807) is 12.1 Å². The highest BCUT2D eigenvalue weighted by Crippen LogP contribution is 2.81. The predicted molar refractivity (Wildman–Crippen MR) is 578 cm³/mol. The van der Waals surface area contributed by atoms with E-state index < -0.39 is 28.3 Å². The van der Waals surface area contributed by atoms with E-state index in [2.05, 4.69) is 137 Å². The molecule has 7 aliphatic heterocycles. The van der Waals surface area contributed by atoms with Crippen LogP contribution in [0.1, 0.15) is 344 Å². The van der Waals surface area contributed by atoms with Gasteiger partial charge in [0.2, 0.25) is 5.91 Å². The van der Waals surface area contributed by atoms with E-state index in [1.165, 1.54) is 190 Å². The fourth-order valence-corrected chi connectivity index (χ4v) is 36.2. The fraction of sp³-hybridized carbons (Fsp3) is 0.667. The number of likely N-dealkylation sites (tertiary alicyclic amines) is 4. The molecular formula is C126H174N8O13. The Morgan fingerprint density at radius 3 is 1.68 bits per heavy atom. The number of phenolic OH excluding ortho intramolecular Hbond substituents is 4. The van der Waals surface area contributed by atoms with Crippen molar-refractivity contribution in [2.24, 2.45) is 80.6 Å². The quantitative estimate of drug-likeness (QED) is 0.0457. The van der Waals surface area contributed by atoms with Crippen LogP contribution in [0.5, 0.6) is 40.2 Å². The van der Waals surface area contributed by atoms with E-state index in [1.807, 2.05) is 75.7 Å². The smallest absolute Gasteiger partial charge is 0.252 e. The number of para-hydroxylation sites is 1. The number of likely N-dealkylation sites (N-methyl/N-ethyl adjacent to an activating group) is 1. The second kappa shape index (κ2) is 38.3. The molecule has 4 saturated heterocycles. The monoisotopic (exact) mass is 2010 g/mol. The Kier molecular flexibility index (Phi) is 26.9. The van der Waals surface area contributed by atoms with Gasteiger partial charge in [-0.1, -0.05) is 159 Å². The number of nitrogens with two attached hydrogens (primary N) is 4. The summed E-state index contributed by atoms with van der Waals surface area (Å²) in [6.07, 6.45) is 48.9. The summed E-state index contributed by atoms with van der Waals surface area (Å²) in [7, 11) is 8.08. The van der Waals surface area contributed by atoms with Crippen LogP contribution in [0.3, 0.4) is 0 Å². The number of piperidine rings is 3. The molecule has 796 valence electrons. The Bertz CT molecular complexity index is 6040. The van der Waals surface area contributed by atoms with Gasteiger partial charge in [0, 0.05) is 142 Å². The van der Waals surface area contributed by atoms with Crippen LogP contribution >= 0.6 is 0 Å². The summed E-state index contributed by atoms with van der Waals surface area (Å²) >= 11 is 0. The number of hydrogen-bond acceptors (Lipinski definition) is 19.